The van der Waals surface area contributed by atoms with Gasteiger partial charge in [0.25, 0.3) is 0 Å². The van der Waals surface area contributed by atoms with Gasteiger partial charge >= 0.3 is 0 Å². The molecule has 6 heteroatoms. The summed E-state index contributed by atoms with van der Waals surface area (Å²) in [7, 11) is 0. The number of carbonyl (C=O) groups excluding carboxylic acids is 1. The topological polar surface area (TPSA) is 46.4 Å². The second-order valence-corrected chi connectivity index (χ2v) is 8.04. The maximum atomic E-state index is 12.4. The second kappa shape index (κ2) is 7.58. The minimum atomic E-state index is -0.0304. The summed E-state index contributed by atoms with van der Waals surface area (Å²) in [6.45, 7) is 2.07. The Labute approximate surface area is 166 Å². The number of nitrogens with zero attached hydrogens (tertiary/aromatic N) is 2. The van der Waals surface area contributed by atoms with Gasteiger partial charge in [0.1, 0.15) is 0 Å². The van der Waals surface area contributed by atoms with Crippen molar-refractivity contribution in [1.82, 2.24) is 9.38 Å². The number of amides is 1. The molecule has 0 saturated carbocycles. The van der Waals surface area contributed by atoms with Gasteiger partial charge in [-0.2, -0.15) is 0 Å². The van der Waals surface area contributed by atoms with Crippen LogP contribution in [0.1, 0.15) is 11.3 Å². The number of carbonyl (C=O) groups is 1. The van der Waals surface area contributed by atoms with Crippen molar-refractivity contribution in [2.45, 2.75) is 18.2 Å². The van der Waals surface area contributed by atoms with Crippen molar-refractivity contribution in [2.75, 3.05) is 11.6 Å². The van der Waals surface area contributed by atoms with Crippen molar-refractivity contribution in [3.05, 3.63) is 71.4 Å². The Morgan fingerprint density at radius 2 is 1.89 bits per heavy atom. The van der Waals surface area contributed by atoms with Gasteiger partial charge in [-0.15, -0.1) is 23.1 Å². The Hall–Kier alpha value is -2.57. The van der Waals surface area contributed by atoms with Crippen molar-refractivity contribution in [3.63, 3.8) is 0 Å². The van der Waals surface area contributed by atoms with E-state index in [0.717, 1.165) is 27.6 Å². The third-order valence-corrected chi connectivity index (χ3v) is 5.98. The van der Waals surface area contributed by atoms with E-state index in [-0.39, 0.29) is 5.91 Å². The van der Waals surface area contributed by atoms with Crippen LogP contribution < -0.4 is 5.32 Å². The number of hydrogen-bond donors (Lipinski definition) is 1. The molecule has 4 rings (SSSR count). The summed E-state index contributed by atoms with van der Waals surface area (Å²) >= 11 is 3.24. The molecule has 2 aromatic carbocycles. The molecule has 0 spiro atoms. The van der Waals surface area contributed by atoms with Gasteiger partial charge in [-0.3, -0.25) is 9.20 Å². The van der Waals surface area contributed by atoms with Crippen LogP contribution in [0.2, 0.25) is 0 Å². The lowest BCUT2D eigenvalue weighted by Gasteiger charge is -2.05. The predicted octanol–water partition coefficient (Wildman–Crippen LogP) is 5.27. The Morgan fingerprint density at radius 1 is 1.15 bits per heavy atom. The van der Waals surface area contributed by atoms with Gasteiger partial charge in [0.05, 0.1) is 12.1 Å². The smallest absolute Gasteiger partial charge is 0.230 e. The number of anilines is 1. The minimum absolute atomic E-state index is 0.0304. The van der Waals surface area contributed by atoms with E-state index in [1.807, 2.05) is 46.5 Å². The lowest BCUT2D eigenvalue weighted by Crippen LogP contribution is -2.15. The quantitative estimate of drug-likeness (QED) is 0.470. The molecule has 0 aliphatic heterocycles. The number of thiazole rings is 1. The number of imidazole rings is 1. The summed E-state index contributed by atoms with van der Waals surface area (Å²) in [6.07, 6.45) is 4.35. The van der Waals surface area contributed by atoms with Crippen molar-refractivity contribution in [1.29, 1.82) is 0 Å². The number of aromatic nitrogens is 2. The van der Waals surface area contributed by atoms with Crippen molar-refractivity contribution >= 4 is 39.7 Å². The largest absolute Gasteiger partial charge is 0.326 e. The zero-order chi connectivity index (χ0) is 18.8. The normalized spacial score (nSPS) is 11.0. The van der Waals surface area contributed by atoms with Crippen LogP contribution in [0.3, 0.4) is 0 Å². The average molecular weight is 394 g/mol. The highest BCUT2D eigenvalue weighted by Crippen LogP contribution is 2.24. The average Bonchev–Trinajstić information content (AvgIpc) is 3.25. The fraction of sp³-hybridized carbons (Fsp3) is 0.143. The van der Waals surface area contributed by atoms with E-state index in [1.165, 1.54) is 10.5 Å². The first-order chi connectivity index (χ1) is 13.1. The second-order valence-electron chi connectivity index (χ2n) is 6.33. The first-order valence-corrected chi connectivity index (χ1v) is 10.7. The molecule has 0 unspecified atom stereocenters. The first kappa shape index (κ1) is 17.8. The van der Waals surface area contributed by atoms with Crippen LogP contribution in [0.25, 0.3) is 16.2 Å². The Bertz CT molecular complexity index is 1080. The zero-order valence-electron chi connectivity index (χ0n) is 15.1. The van der Waals surface area contributed by atoms with Crippen molar-refractivity contribution in [3.8, 4) is 11.3 Å². The fourth-order valence-corrected chi connectivity index (χ4v) is 4.15. The highest BCUT2D eigenvalue weighted by molar-refractivity contribution is 7.98. The van der Waals surface area contributed by atoms with Crippen molar-refractivity contribution < 1.29 is 4.79 Å². The van der Waals surface area contributed by atoms with E-state index in [4.69, 9.17) is 4.98 Å². The summed E-state index contributed by atoms with van der Waals surface area (Å²) in [4.78, 5) is 19.2. The standard InChI is InChI=1S/C21H19N3OS2/c1-14-3-5-15(6-4-14)19-12-24-17(13-27-21(24)23-19)11-20(25)22-16-7-9-18(26-2)10-8-16/h3-10,12-13H,11H2,1-2H3,(H,22,25). The van der Waals surface area contributed by atoms with Crippen molar-refractivity contribution in [2.24, 2.45) is 0 Å². The summed E-state index contributed by atoms with van der Waals surface area (Å²) < 4.78 is 2.01. The summed E-state index contributed by atoms with van der Waals surface area (Å²) in [6, 6.07) is 16.2. The zero-order valence-corrected chi connectivity index (χ0v) is 16.7. The van der Waals surface area contributed by atoms with Crippen LogP contribution in [0.15, 0.2) is 65.0 Å². The molecule has 0 saturated heterocycles. The number of benzene rings is 2. The van der Waals surface area contributed by atoms with E-state index in [2.05, 4.69) is 36.5 Å². The van der Waals surface area contributed by atoms with Crippen LogP contribution in [0.4, 0.5) is 5.69 Å². The van der Waals surface area contributed by atoms with Crippen LogP contribution in [0, 0.1) is 6.92 Å². The fourth-order valence-electron chi connectivity index (χ4n) is 2.86. The lowest BCUT2D eigenvalue weighted by atomic mass is 10.1. The van der Waals surface area contributed by atoms with Crippen LogP contribution in [0.5, 0.6) is 0 Å². The Balaban J connectivity index is 1.51. The summed E-state index contributed by atoms with van der Waals surface area (Å²) in [5.41, 5.74) is 4.99. The molecular weight excluding hydrogens is 374 g/mol. The molecule has 0 bridgehead atoms. The third-order valence-electron chi connectivity index (χ3n) is 4.35. The molecule has 0 aliphatic rings. The molecule has 4 aromatic rings. The third kappa shape index (κ3) is 3.91. The van der Waals surface area contributed by atoms with Crippen LogP contribution >= 0.6 is 23.1 Å². The monoisotopic (exact) mass is 393 g/mol. The number of thioether (sulfide) groups is 1. The first-order valence-electron chi connectivity index (χ1n) is 8.59. The van der Waals surface area contributed by atoms with E-state index in [9.17, 15) is 4.79 Å². The lowest BCUT2D eigenvalue weighted by molar-refractivity contribution is -0.115. The summed E-state index contributed by atoms with van der Waals surface area (Å²) in [5, 5.41) is 4.96. The Kier molecular flexibility index (Phi) is 5.01. The molecule has 0 aliphatic carbocycles. The molecule has 136 valence electrons. The molecule has 2 aromatic heterocycles. The number of rotatable bonds is 5. The molecule has 1 N–H and O–H groups in total. The molecule has 2 heterocycles. The molecule has 0 radical (unpaired) electrons. The predicted molar refractivity (Wildman–Crippen MR) is 114 cm³/mol. The number of aryl methyl sites for hydroxylation is 1. The Morgan fingerprint density at radius 3 is 2.59 bits per heavy atom. The molecule has 27 heavy (non-hydrogen) atoms. The van der Waals surface area contributed by atoms with E-state index < -0.39 is 0 Å². The van der Waals surface area contributed by atoms with Gasteiger partial charge < -0.3 is 5.32 Å². The highest BCUT2D eigenvalue weighted by Gasteiger charge is 2.13. The van der Waals surface area contributed by atoms with Gasteiger partial charge in [-0.25, -0.2) is 4.98 Å². The molecular formula is C21H19N3OS2. The number of fused-ring (bicyclic) bond motifs is 1. The van der Waals surface area contributed by atoms with Gasteiger partial charge in [0.15, 0.2) is 4.96 Å². The van der Waals surface area contributed by atoms with Gasteiger partial charge in [-0.05, 0) is 37.4 Å². The van der Waals surface area contributed by atoms with Gasteiger partial charge in [-0.1, -0.05) is 29.8 Å². The number of hydrogen-bond acceptors (Lipinski definition) is 4. The van der Waals surface area contributed by atoms with E-state index in [1.54, 1.807) is 23.1 Å². The van der Waals surface area contributed by atoms with Gasteiger partial charge in [0, 0.05) is 33.4 Å². The van der Waals surface area contributed by atoms with E-state index in [0.29, 0.717) is 6.42 Å². The molecule has 0 fully saturated rings. The summed E-state index contributed by atoms with van der Waals surface area (Å²) in [5.74, 6) is -0.0304. The highest BCUT2D eigenvalue weighted by atomic mass is 32.2. The molecule has 0 atom stereocenters. The SMILES string of the molecule is CSc1ccc(NC(=O)Cc2csc3nc(-c4ccc(C)cc4)cn23)cc1. The number of nitrogens with one attached hydrogen (secondary N) is 1. The molecule has 1 amide bonds. The van der Waals surface area contributed by atoms with Crippen LogP contribution in [-0.4, -0.2) is 21.5 Å². The van der Waals surface area contributed by atoms with Crippen LogP contribution in [-0.2, 0) is 11.2 Å². The maximum Gasteiger partial charge on any atom is 0.230 e. The minimum Gasteiger partial charge on any atom is -0.326 e. The van der Waals surface area contributed by atoms with E-state index >= 15 is 0 Å². The van der Waals surface area contributed by atoms with Gasteiger partial charge in [0.2, 0.25) is 5.91 Å². The maximum absolute atomic E-state index is 12.4. The molecule has 4 nitrogen and oxygen atoms in total.